The molecule has 5 heteroatoms. The number of nitrogens with one attached hydrogen (secondary N) is 1. The van der Waals surface area contributed by atoms with Crippen molar-refractivity contribution in [2.45, 2.75) is 20.3 Å². The van der Waals surface area contributed by atoms with Crippen molar-refractivity contribution < 1.29 is 0 Å². The standard InChI is InChI=1S/C13H23N5/c1-4-5-14-12-10-11(2)15-13(16-12)18-8-6-17(3)7-9-18/h10H,4-9H2,1-3H3,(H,14,15,16). The summed E-state index contributed by atoms with van der Waals surface area (Å²) in [5.41, 5.74) is 1.03. The second-order valence-electron chi connectivity index (χ2n) is 4.91. The van der Waals surface area contributed by atoms with E-state index in [1.54, 1.807) is 0 Å². The van der Waals surface area contributed by atoms with Crippen LogP contribution in [-0.2, 0) is 0 Å². The Labute approximate surface area is 109 Å². The summed E-state index contributed by atoms with van der Waals surface area (Å²) in [6, 6.07) is 2.01. The van der Waals surface area contributed by atoms with Gasteiger partial charge in [-0.15, -0.1) is 0 Å². The number of piperazine rings is 1. The second kappa shape index (κ2) is 6.00. The summed E-state index contributed by atoms with van der Waals surface area (Å²) in [6.45, 7) is 9.31. The minimum Gasteiger partial charge on any atom is -0.370 e. The SMILES string of the molecule is CCCNc1cc(C)nc(N2CCN(C)CC2)n1. The largest absolute Gasteiger partial charge is 0.370 e. The van der Waals surface area contributed by atoms with E-state index < -0.39 is 0 Å². The van der Waals surface area contributed by atoms with E-state index in [4.69, 9.17) is 0 Å². The summed E-state index contributed by atoms with van der Waals surface area (Å²) in [6.07, 6.45) is 1.10. The van der Waals surface area contributed by atoms with Crippen molar-refractivity contribution in [3.8, 4) is 0 Å². The Morgan fingerprint density at radius 2 is 1.94 bits per heavy atom. The minimum absolute atomic E-state index is 0.863. The molecular weight excluding hydrogens is 226 g/mol. The molecule has 2 heterocycles. The highest BCUT2D eigenvalue weighted by atomic mass is 15.3. The maximum atomic E-state index is 4.60. The molecule has 100 valence electrons. The molecule has 1 aromatic rings. The van der Waals surface area contributed by atoms with E-state index >= 15 is 0 Å². The summed E-state index contributed by atoms with van der Waals surface area (Å²) in [4.78, 5) is 13.8. The predicted molar refractivity (Wildman–Crippen MR) is 75.3 cm³/mol. The van der Waals surface area contributed by atoms with Crippen LogP contribution in [0.5, 0.6) is 0 Å². The maximum absolute atomic E-state index is 4.60. The van der Waals surface area contributed by atoms with Gasteiger partial charge in [-0.1, -0.05) is 6.92 Å². The number of aryl methyl sites for hydroxylation is 1. The first-order chi connectivity index (χ1) is 8.69. The molecule has 0 saturated carbocycles. The Balaban J connectivity index is 2.09. The average Bonchev–Trinajstić information content (AvgIpc) is 2.36. The van der Waals surface area contributed by atoms with Crippen LogP contribution in [0.1, 0.15) is 19.0 Å². The van der Waals surface area contributed by atoms with Crippen LogP contribution in [0.3, 0.4) is 0 Å². The minimum atomic E-state index is 0.863. The molecule has 1 saturated heterocycles. The number of hydrogen-bond donors (Lipinski definition) is 1. The predicted octanol–water partition coefficient (Wildman–Crippen LogP) is 1.36. The zero-order valence-corrected chi connectivity index (χ0v) is 11.6. The lowest BCUT2D eigenvalue weighted by Crippen LogP contribution is -2.45. The van der Waals surface area contributed by atoms with Crippen molar-refractivity contribution in [3.63, 3.8) is 0 Å². The third kappa shape index (κ3) is 3.32. The van der Waals surface area contributed by atoms with Gasteiger partial charge in [0.2, 0.25) is 5.95 Å². The lowest BCUT2D eigenvalue weighted by Gasteiger charge is -2.32. The summed E-state index contributed by atoms with van der Waals surface area (Å²) in [7, 11) is 2.16. The van der Waals surface area contributed by atoms with E-state index in [1.807, 2.05) is 13.0 Å². The van der Waals surface area contributed by atoms with Gasteiger partial charge >= 0.3 is 0 Å². The molecule has 2 rings (SSSR count). The molecule has 5 nitrogen and oxygen atoms in total. The summed E-state index contributed by atoms with van der Waals surface area (Å²) < 4.78 is 0. The number of rotatable bonds is 4. The Morgan fingerprint density at radius 1 is 1.22 bits per heavy atom. The lowest BCUT2D eigenvalue weighted by atomic mass is 10.3. The van der Waals surface area contributed by atoms with Crippen LogP contribution in [0.2, 0.25) is 0 Å². The van der Waals surface area contributed by atoms with Gasteiger partial charge in [-0.05, 0) is 20.4 Å². The van der Waals surface area contributed by atoms with Crippen molar-refractivity contribution in [3.05, 3.63) is 11.8 Å². The Morgan fingerprint density at radius 3 is 2.61 bits per heavy atom. The molecule has 1 aromatic heterocycles. The van der Waals surface area contributed by atoms with Crippen LogP contribution in [0, 0.1) is 6.92 Å². The van der Waals surface area contributed by atoms with E-state index in [1.165, 1.54) is 0 Å². The smallest absolute Gasteiger partial charge is 0.227 e. The second-order valence-corrected chi connectivity index (χ2v) is 4.91. The molecule has 0 spiro atoms. The van der Waals surface area contributed by atoms with Gasteiger partial charge < -0.3 is 15.1 Å². The number of anilines is 2. The number of likely N-dealkylation sites (N-methyl/N-ethyl adjacent to an activating group) is 1. The maximum Gasteiger partial charge on any atom is 0.227 e. The van der Waals surface area contributed by atoms with Gasteiger partial charge in [0.25, 0.3) is 0 Å². The van der Waals surface area contributed by atoms with E-state index in [0.29, 0.717) is 0 Å². The molecule has 0 aliphatic carbocycles. The fourth-order valence-corrected chi connectivity index (χ4v) is 2.04. The molecule has 1 fully saturated rings. The van der Waals surface area contributed by atoms with Crippen molar-refractivity contribution >= 4 is 11.8 Å². The van der Waals surface area contributed by atoms with E-state index in [2.05, 4.69) is 39.1 Å². The summed E-state index contributed by atoms with van der Waals surface area (Å²) in [5, 5.41) is 3.34. The Kier molecular flexibility index (Phi) is 4.36. The first-order valence-corrected chi connectivity index (χ1v) is 6.72. The lowest BCUT2D eigenvalue weighted by molar-refractivity contribution is 0.311. The van der Waals surface area contributed by atoms with Gasteiger partial charge in [0, 0.05) is 44.5 Å². The zero-order chi connectivity index (χ0) is 13.0. The number of aromatic nitrogens is 2. The molecule has 1 N–H and O–H groups in total. The van der Waals surface area contributed by atoms with E-state index in [0.717, 1.165) is 56.6 Å². The molecule has 1 aliphatic rings. The highest BCUT2D eigenvalue weighted by molar-refractivity contribution is 5.43. The zero-order valence-electron chi connectivity index (χ0n) is 11.6. The molecule has 18 heavy (non-hydrogen) atoms. The third-order valence-electron chi connectivity index (χ3n) is 3.18. The van der Waals surface area contributed by atoms with E-state index in [9.17, 15) is 0 Å². The Bertz CT molecular complexity index is 385. The average molecular weight is 249 g/mol. The molecule has 1 aliphatic heterocycles. The van der Waals surface area contributed by atoms with Crippen LogP contribution >= 0.6 is 0 Å². The van der Waals surface area contributed by atoms with Crippen LogP contribution < -0.4 is 10.2 Å². The first kappa shape index (κ1) is 13.1. The van der Waals surface area contributed by atoms with Crippen molar-refractivity contribution in [1.29, 1.82) is 0 Å². The number of hydrogen-bond acceptors (Lipinski definition) is 5. The molecule has 0 atom stereocenters. The fraction of sp³-hybridized carbons (Fsp3) is 0.692. The third-order valence-corrected chi connectivity index (χ3v) is 3.18. The topological polar surface area (TPSA) is 44.3 Å². The normalized spacial score (nSPS) is 16.9. The summed E-state index contributed by atoms with van der Waals surface area (Å²) >= 11 is 0. The van der Waals surface area contributed by atoms with Gasteiger partial charge in [-0.3, -0.25) is 0 Å². The summed E-state index contributed by atoms with van der Waals surface area (Å²) in [5.74, 6) is 1.81. The molecule has 0 unspecified atom stereocenters. The van der Waals surface area contributed by atoms with Gasteiger partial charge in [0.05, 0.1) is 0 Å². The first-order valence-electron chi connectivity index (χ1n) is 6.72. The van der Waals surface area contributed by atoms with Crippen LogP contribution in [0.15, 0.2) is 6.07 Å². The fourth-order valence-electron chi connectivity index (χ4n) is 2.04. The van der Waals surface area contributed by atoms with Gasteiger partial charge in [0.1, 0.15) is 5.82 Å². The monoisotopic (exact) mass is 249 g/mol. The number of nitrogens with zero attached hydrogens (tertiary/aromatic N) is 4. The van der Waals surface area contributed by atoms with Crippen LogP contribution in [0.25, 0.3) is 0 Å². The quantitative estimate of drug-likeness (QED) is 0.873. The van der Waals surface area contributed by atoms with Crippen molar-refractivity contribution in [1.82, 2.24) is 14.9 Å². The molecular formula is C13H23N5. The Hall–Kier alpha value is -1.36. The molecule has 0 bridgehead atoms. The highest BCUT2D eigenvalue weighted by Crippen LogP contribution is 2.15. The molecule has 0 amide bonds. The van der Waals surface area contributed by atoms with Crippen LogP contribution in [-0.4, -0.2) is 54.6 Å². The molecule has 0 aromatic carbocycles. The highest BCUT2D eigenvalue weighted by Gasteiger charge is 2.17. The van der Waals surface area contributed by atoms with E-state index in [-0.39, 0.29) is 0 Å². The van der Waals surface area contributed by atoms with Gasteiger partial charge in [-0.2, -0.15) is 4.98 Å². The van der Waals surface area contributed by atoms with Gasteiger partial charge in [0.15, 0.2) is 0 Å². The van der Waals surface area contributed by atoms with Gasteiger partial charge in [-0.25, -0.2) is 4.98 Å². The van der Waals surface area contributed by atoms with Crippen molar-refractivity contribution in [2.24, 2.45) is 0 Å². The van der Waals surface area contributed by atoms with Crippen LogP contribution in [0.4, 0.5) is 11.8 Å². The molecule has 0 radical (unpaired) electrons. The van der Waals surface area contributed by atoms with Crippen molar-refractivity contribution in [2.75, 3.05) is 50.0 Å².